The van der Waals surface area contributed by atoms with Gasteiger partial charge in [0.15, 0.2) is 0 Å². The summed E-state index contributed by atoms with van der Waals surface area (Å²) in [5, 5.41) is 22.6. The molecule has 0 aliphatic carbocycles. The number of aromatic nitrogens is 1. The molecule has 0 spiro atoms. The molecular weight excluding hydrogens is 750 g/mol. The van der Waals surface area contributed by atoms with Crippen LogP contribution in [-0.4, -0.2) is 118 Å². The maximum atomic E-state index is 13.9. The van der Waals surface area contributed by atoms with Gasteiger partial charge in [-0.2, -0.15) is 12.6 Å². The Morgan fingerprint density at radius 3 is 2.23 bits per heavy atom. The highest BCUT2D eigenvalue weighted by molar-refractivity contribution is 7.80. The number of halogens is 1. The summed E-state index contributed by atoms with van der Waals surface area (Å²) in [6, 6.07) is 0.832. The van der Waals surface area contributed by atoms with Gasteiger partial charge in [-0.1, -0.05) is 45.0 Å². The van der Waals surface area contributed by atoms with Crippen LogP contribution in [0.4, 0.5) is 0 Å². The highest BCUT2D eigenvalue weighted by Gasteiger charge is 2.44. The van der Waals surface area contributed by atoms with E-state index >= 15 is 0 Å². The molecule has 0 radical (unpaired) electrons. The summed E-state index contributed by atoms with van der Waals surface area (Å²) in [6.07, 6.45) is -1.18. The SMILES string of the molecule is Cc1ncsc1-c1ccc(C(NC(=O)C2CC(O)CN2C(=O)C(NCC(=O)Cl)C(C)(C)C)C(=O)NCC(=O)NC(CN)C(=O)NC(CS)C(N)=O)cc1. The number of β-amino-alcohol motifs (C(OH)–C–C–N with tert-alkyl or cyclic N) is 1. The van der Waals surface area contributed by atoms with Crippen molar-refractivity contribution in [1.82, 2.24) is 36.5 Å². The van der Waals surface area contributed by atoms with Gasteiger partial charge in [-0.15, -0.1) is 11.3 Å². The Bertz CT molecular complexity index is 1670. The molecule has 20 heteroatoms. The smallest absolute Gasteiger partial charge is 0.247 e. The molecule has 1 aliphatic heterocycles. The third-order valence-corrected chi connectivity index (χ3v) is 9.85. The van der Waals surface area contributed by atoms with Crippen molar-refractivity contribution in [2.24, 2.45) is 16.9 Å². The third-order valence-electron chi connectivity index (χ3n) is 8.38. The fourth-order valence-corrected chi connectivity index (χ4v) is 6.75. The summed E-state index contributed by atoms with van der Waals surface area (Å²) >= 11 is 10.9. The highest BCUT2D eigenvalue weighted by Crippen LogP contribution is 2.30. The van der Waals surface area contributed by atoms with Crippen LogP contribution in [0.1, 0.15) is 44.5 Å². The molecule has 10 N–H and O–H groups in total. The molecule has 6 amide bonds. The highest BCUT2D eigenvalue weighted by atomic mass is 35.5. The van der Waals surface area contributed by atoms with Crippen LogP contribution in [0.15, 0.2) is 29.8 Å². The number of likely N-dealkylation sites (tertiary alicyclic amines) is 1. The number of nitrogens with one attached hydrogen (secondary N) is 5. The van der Waals surface area contributed by atoms with E-state index in [0.29, 0.717) is 5.56 Å². The monoisotopic (exact) mass is 795 g/mol. The number of rotatable bonds is 17. The first kappa shape index (κ1) is 43.3. The summed E-state index contributed by atoms with van der Waals surface area (Å²) in [4.78, 5) is 96.3. The van der Waals surface area contributed by atoms with Crippen LogP contribution in [0, 0.1) is 12.3 Å². The van der Waals surface area contributed by atoms with Crippen LogP contribution in [0.5, 0.6) is 0 Å². The second-order valence-corrected chi connectivity index (χ2v) is 15.1. The number of aliphatic hydroxyl groups is 1. The van der Waals surface area contributed by atoms with Gasteiger partial charge in [-0.25, -0.2) is 4.98 Å². The van der Waals surface area contributed by atoms with Gasteiger partial charge >= 0.3 is 0 Å². The molecule has 2 heterocycles. The predicted molar refractivity (Wildman–Crippen MR) is 200 cm³/mol. The van der Waals surface area contributed by atoms with Gasteiger partial charge < -0.3 is 42.7 Å². The first-order valence-corrected chi connectivity index (χ1v) is 18.5. The van der Waals surface area contributed by atoms with E-state index in [9.17, 15) is 38.7 Å². The van der Waals surface area contributed by atoms with Crippen LogP contribution in [0.2, 0.25) is 0 Å². The maximum absolute atomic E-state index is 13.9. The molecular formula is C33H46ClN9O8S2. The molecule has 0 bridgehead atoms. The van der Waals surface area contributed by atoms with Gasteiger partial charge in [0.25, 0.3) is 0 Å². The van der Waals surface area contributed by atoms with Gasteiger partial charge in [0.2, 0.25) is 40.7 Å². The molecule has 53 heavy (non-hydrogen) atoms. The summed E-state index contributed by atoms with van der Waals surface area (Å²) in [6.45, 7) is 5.68. The number of nitrogens with two attached hydrogens (primary N) is 2. The Morgan fingerprint density at radius 2 is 1.70 bits per heavy atom. The van der Waals surface area contributed by atoms with E-state index in [1.165, 1.54) is 16.2 Å². The van der Waals surface area contributed by atoms with Crippen LogP contribution in [-0.2, 0) is 33.6 Å². The van der Waals surface area contributed by atoms with Crippen LogP contribution in [0.3, 0.4) is 0 Å². The van der Waals surface area contributed by atoms with Crippen molar-refractivity contribution in [3.8, 4) is 10.4 Å². The number of aryl methyl sites for hydroxylation is 1. The van der Waals surface area contributed by atoms with Crippen LogP contribution in [0.25, 0.3) is 10.4 Å². The number of thiol groups is 1. The first-order chi connectivity index (χ1) is 24.9. The Hall–Kier alpha value is -4.14. The van der Waals surface area contributed by atoms with Gasteiger partial charge in [-0.05, 0) is 35.1 Å². The van der Waals surface area contributed by atoms with Crippen molar-refractivity contribution in [1.29, 1.82) is 0 Å². The van der Waals surface area contributed by atoms with Crippen molar-refractivity contribution >= 4 is 76.3 Å². The zero-order chi connectivity index (χ0) is 39.6. The van der Waals surface area contributed by atoms with E-state index in [0.717, 1.165) is 16.1 Å². The number of amides is 6. The van der Waals surface area contributed by atoms with Gasteiger partial charge in [-0.3, -0.25) is 38.9 Å². The van der Waals surface area contributed by atoms with Crippen LogP contribution >= 0.6 is 35.6 Å². The average Bonchev–Trinajstić information content (AvgIpc) is 3.71. The Morgan fingerprint density at radius 1 is 1.04 bits per heavy atom. The van der Waals surface area contributed by atoms with E-state index in [2.05, 4.69) is 44.2 Å². The summed E-state index contributed by atoms with van der Waals surface area (Å²) in [7, 11) is 0. The quantitative estimate of drug-likeness (QED) is 0.0655. The molecule has 2 aromatic rings. The Kier molecular flexibility index (Phi) is 15.7. The first-order valence-electron chi connectivity index (χ1n) is 16.6. The number of hydrogen-bond acceptors (Lipinski definition) is 13. The normalized spacial score (nSPS) is 17.9. The number of thiazole rings is 1. The van der Waals surface area contributed by atoms with E-state index in [4.69, 9.17) is 23.1 Å². The molecule has 0 saturated carbocycles. The molecule has 6 atom stereocenters. The topological polar surface area (TPSA) is 268 Å². The number of primary amides is 1. The third kappa shape index (κ3) is 11.9. The van der Waals surface area contributed by atoms with Gasteiger partial charge in [0.05, 0.1) is 41.3 Å². The predicted octanol–water partition coefficient (Wildman–Crippen LogP) is -1.53. The standard InChI is InChI=1S/C33H46ClN9O8S2/c1-16-26(53-15-39-16)18-7-5-17(6-8-18)25(31(50)38-12-24(46)40-20(10-35)29(48)41-21(14-52)28(36)47)42-30(49)22-9-19(44)13-43(22)32(51)27(33(2,3)4)37-11-23(34)45/h5-8,15,19-22,25,27,37,44,52H,9-14,35H2,1-4H3,(H2,36,47)(H,38,50)(H,40,46)(H,41,48)(H,42,49). The van der Waals surface area contributed by atoms with Crippen molar-refractivity contribution in [2.45, 2.75) is 70.4 Å². The molecule has 1 aliphatic rings. The fourth-order valence-electron chi connectivity index (χ4n) is 5.59. The molecule has 1 fully saturated rings. The van der Waals surface area contributed by atoms with Gasteiger partial charge in [0.1, 0.15) is 24.2 Å². The fraction of sp³-hybridized carbons (Fsp3) is 0.515. The second-order valence-electron chi connectivity index (χ2n) is 13.5. The van der Waals surface area contributed by atoms with Crippen LogP contribution < -0.4 is 38.1 Å². The Labute approximate surface area is 321 Å². The zero-order valence-corrected chi connectivity index (χ0v) is 32.1. The molecule has 17 nitrogen and oxygen atoms in total. The lowest BCUT2D eigenvalue weighted by Crippen LogP contribution is -2.58. The molecule has 6 unspecified atom stereocenters. The number of carbonyl (C=O) groups excluding carboxylic acids is 7. The lowest BCUT2D eigenvalue weighted by atomic mass is 9.85. The number of benzene rings is 1. The molecule has 1 aromatic heterocycles. The lowest BCUT2D eigenvalue weighted by molar-refractivity contribution is -0.143. The number of nitrogens with zero attached hydrogens (tertiary/aromatic N) is 2. The number of aliphatic hydroxyl groups excluding tert-OH is 1. The zero-order valence-electron chi connectivity index (χ0n) is 29.7. The number of hydrogen-bond donors (Lipinski definition) is 9. The maximum Gasteiger partial charge on any atom is 0.247 e. The molecule has 290 valence electrons. The lowest BCUT2D eigenvalue weighted by Gasteiger charge is -2.35. The average molecular weight is 796 g/mol. The largest absolute Gasteiger partial charge is 0.391 e. The van der Waals surface area contributed by atoms with E-state index in [1.54, 1.807) is 50.5 Å². The second kappa shape index (κ2) is 19.3. The van der Waals surface area contributed by atoms with Crippen molar-refractivity contribution in [3.05, 3.63) is 41.0 Å². The van der Waals surface area contributed by atoms with Crippen molar-refractivity contribution in [3.63, 3.8) is 0 Å². The molecule has 1 aromatic carbocycles. The van der Waals surface area contributed by atoms with Crippen molar-refractivity contribution < 1.29 is 38.7 Å². The van der Waals surface area contributed by atoms with E-state index < -0.39 is 89.0 Å². The van der Waals surface area contributed by atoms with Gasteiger partial charge in [0, 0.05) is 25.3 Å². The Balaban J connectivity index is 1.84. The van der Waals surface area contributed by atoms with Crippen molar-refractivity contribution in [2.75, 3.05) is 31.9 Å². The minimum absolute atomic E-state index is 0.0882. The molecule has 3 rings (SSSR count). The van der Waals surface area contributed by atoms with E-state index in [1.807, 2.05) is 6.92 Å². The number of carbonyl (C=O) groups is 7. The summed E-state index contributed by atoms with van der Waals surface area (Å²) in [5.41, 5.74) is 13.8. The minimum Gasteiger partial charge on any atom is -0.391 e. The minimum atomic E-state index is -1.38. The van der Waals surface area contributed by atoms with E-state index in [-0.39, 0.29) is 31.8 Å². The molecule has 1 saturated heterocycles. The summed E-state index contributed by atoms with van der Waals surface area (Å²) < 4.78 is 0. The summed E-state index contributed by atoms with van der Waals surface area (Å²) in [5.74, 6) is -4.63.